The summed E-state index contributed by atoms with van der Waals surface area (Å²) in [4.78, 5) is 14.7. The van der Waals surface area contributed by atoms with E-state index < -0.39 is 0 Å². The number of para-hydroxylation sites is 1. The number of nitrogens with zero attached hydrogens (tertiary/aromatic N) is 1. The Bertz CT molecular complexity index is 452. The molecule has 0 radical (unpaired) electrons. The second kappa shape index (κ2) is 5.64. The molecule has 0 bridgehead atoms. The summed E-state index contributed by atoms with van der Waals surface area (Å²) in [5.41, 5.74) is 2.42. The fraction of sp³-hybridized carbons (Fsp3) is 0.562. The first-order chi connectivity index (χ1) is 9.34. The summed E-state index contributed by atoms with van der Waals surface area (Å²) in [7, 11) is 0. The third-order valence-corrected chi connectivity index (χ3v) is 4.34. The van der Waals surface area contributed by atoms with Gasteiger partial charge in [-0.15, -0.1) is 0 Å². The van der Waals surface area contributed by atoms with Gasteiger partial charge >= 0.3 is 0 Å². The van der Waals surface area contributed by atoms with Crippen molar-refractivity contribution in [2.45, 2.75) is 38.6 Å². The van der Waals surface area contributed by atoms with Gasteiger partial charge in [0.05, 0.1) is 0 Å². The fourth-order valence-corrected chi connectivity index (χ4v) is 3.24. The number of carbonyl (C=O) groups excluding carboxylic acids is 1. The van der Waals surface area contributed by atoms with Gasteiger partial charge in [-0.3, -0.25) is 4.79 Å². The van der Waals surface area contributed by atoms with E-state index in [2.05, 4.69) is 28.4 Å². The van der Waals surface area contributed by atoms with Crippen molar-refractivity contribution in [2.24, 2.45) is 5.92 Å². The van der Waals surface area contributed by atoms with Crippen molar-refractivity contribution in [3.63, 3.8) is 0 Å². The van der Waals surface area contributed by atoms with Crippen LogP contribution in [-0.4, -0.2) is 23.9 Å². The van der Waals surface area contributed by atoms with Crippen LogP contribution < -0.4 is 5.32 Å². The number of fused-ring (bicyclic) bond motifs is 1. The molecule has 1 aliphatic carbocycles. The minimum absolute atomic E-state index is 0.277. The quantitative estimate of drug-likeness (QED) is 0.839. The Morgan fingerprint density at radius 2 is 1.95 bits per heavy atom. The fourth-order valence-electron chi connectivity index (χ4n) is 3.24. The van der Waals surface area contributed by atoms with Crippen molar-refractivity contribution in [2.75, 3.05) is 18.4 Å². The molecule has 3 nitrogen and oxygen atoms in total. The van der Waals surface area contributed by atoms with Crippen molar-refractivity contribution in [1.82, 2.24) is 4.90 Å². The normalized spacial score (nSPS) is 20.3. The number of hydrogen-bond donors (Lipinski definition) is 1. The van der Waals surface area contributed by atoms with E-state index in [0.29, 0.717) is 5.91 Å². The first-order valence-corrected chi connectivity index (χ1v) is 7.45. The molecule has 3 rings (SSSR count). The van der Waals surface area contributed by atoms with Gasteiger partial charge in [0.25, 0.3) is 0 Å². The molecule has 1 aromatic carbocycles. The lowest BCUT2D eigenvalue weighted by atomic mass is 9.88. The zero-order chi connectivity index (χ0) is 13.1. The second-order valence-corrected chi connectivity index (χ2v) is 5.68. The van der Waals surface area contributed by atoms with Crippen LogP contribution in [0.4, 0.5) is 5.69 Å². The third-order valence-electron chi connectivity index (χ3n) is 4.34. The van der Waals surface area contributed by atoms with Crippen LogP contribution >= 0.6 is 0 Å². The summed E-state index contributed by atoms with van der Waals surface area (Å²) in [5, 5.41) is 3.42. The Balaban J connectivity index is 1.73. The Morgan fingerprint density at radius 3 is 2.79 bits per heavy atom. The molecule has 2 aliphatic rings. The lowest BCUT2D eigenvalue weighted by Crippen LogP contribution is -2.38. The lowest BCUT2D eigenvalue weighted by Gasteiger charge is -2.28. The maximum Gasteiger partial charge on any atom is 0.226 e. The Kier molecular flexibility index (Phi) is 3.72. The highest BCUT2D eigenvalue weighted by Gasteiger charge is 2.27. The van der Waals surface area contributed by atoms with Crippen LogP contribution in [0.1, 0.15) is 37.7 Å². The van der Waals surface area contributed by atoms with Gasteiger partial charge in [-0.2, -0.15) is 0 Å². The van der Waals surface area contributed by atoms with Gasteiger partial charge in [0.15, 0.2) is 0 Å². The highest BCUT2D eigenvalue weighted by molar-refractivity contribution is 5.79. The minimum Gasteiger partial charge on any atom is -0.383 e. The van der Waals surface area contributed by atoms with Crippen LogP contribution in [0, 0.1) is 5.92 Å². The maximum atomic E-state index is 12.6. The monoisotopic (exact) mass is 258 g/mol. The van der Waals surface area contributed by atoms with Crippen LogP contribution in [0.15, 0.2) is 24.3 Å². The average Bonchev–Trinajstić information content (AvgIpc) is 2.69. The van der Waals surface area contributed by atoms with Crippen LogP contribution in [0.25, 0.3) is 0 Å². The lowest BCUT2D eigenvalue weighted by molar-refractivity contribution is -0.137. The molecule has 1 aromatic rings. The van der Waals surface area contributed by atoms with Crippen LogP contribution in [0.2, 0.25) is 0 Å². The Hall–Kier alpha value is -1.51. The van der Waals surface area contributed by atoms with Crippen molar-refractivity contribution in [3.8, 4) is 0 Å². The van der Waals surface area contributed by atoms with Gasteiger partial charge in [-0.05, 0) is 24.5 Å². The molecule has 3 heteroatoms. The van der Waals surface area contributed by atoms with Crippen molar-refractivity contribution >= 4 is 11.6 Å². The number of anilines is 1. The summed E-state index contributed by atoms with van der Waals surface area (Å²) in [6, 6.07) is 8.32. The number of amides is 1. The molecule has 0 atom stereocenters. The third kappa shape index (κ3) is 2.75. The molecule has 19 heavy (non-hydrogen) atoms. The van der Waals surface area contributed by atoms with Gasteiger partial charge < -0.3 is 10.2 Å². The highest BCUT2D eigenvalue weighted by Crippen LogP contribution is 2.27. The molecule has 0 unspecified atom stereocenters. The summed E-state index contributed by atoms with van der Waals surface area (Å²) < 4.78 is 0. The summed E-state index contributed by atoms with van der Waals surface area (Å²) in [6.07, 6.45) is 5.92. The van der Waals surface area contributed by atoms with E-state index in [-0.39, 0.29) is 5.92 Å². The molecule has 1 aliphatic heterocycles. The SMILES string of the molecule is O=C(C1CCCCC1)N1CCNc2ccccc2C1. The minimum atomic E-state index is 0.277. The Labute approximate surface area is 115 Å². The number of carbonyl (C=O) groups is 1. The molecule has 1 saturated carbocycles. The van der Waals surface area contributed by atoms with Crippen molar-refractivity contribution in [1.29, 1.82) is 0 Å². The zero-order valence-electron chi connectivity index (χ0n) is 11.4. The molecule has 1 amide bonds. The summed E-state index contributed by atoms with van der Waals surface area (Å²) >= 11 is 0. The van der Waals surface area contributed by atoms with Crippen LogP contribution in [0.5, 0.6) is 0 Å². The topological polar surface area (TPSA) is 32.3 Å². The first kappa shape index (κ1) is 12.5. The van der Waals surface area contributed by atoms with E-state index >= 15 is 0 Å². The molecule has 1 N–H and O–H groups in total. The number of benzene rings is 1. The first-order valence-electron chi connectivity index (χ1n) is 7.45. The van der Waals surface area contributed by atoms with E-state index in [4.69, 9.17) is 0 Å². The van der Waals surface area contributed by atoms with Crippen molar-refractivity contribution in [3.05, 3.63) is 29.8 Å². The molecule has 1 fully saturated rings. The van der Waals surface area contributed by atoms with Gasteiger partial charge in [0.1, 0.15) is 0 Å². The molecule has 0 spiro atoms. The summed E-state index contributed by atoms with van der Waals surface area (Å²) in [5.74, 6) is 0.650. The zero-order valence-corrected chi connectivity index (χ0v) is 11.4. The smallest absolute Gasteiger partial charge is 0.226 e. The molecule has 0 saturated heterocycles. The van der Waals surface area contributed by atoms with Crippen LogP contribution in [0.3, 0.4) is 0 Å². The van der Waals surface area contributed by atoms with E-state index in [1.807, 2.05) is 6.07 Å². The molecule has 0 aromatic heterocycles. The summed E-state index contributed by atoms with van der Waals surface area (Å²) in [6.45, 7) is 2.44. The number of hydrogen-bond acceptors (Lipinski definition) is 2. The number of nitrogens with one attached hydrogen (secondary N) is 1. The highest BCUT2D eigenvalue weighted by atomic mass is 16.2. The van der Waals surface area contributed by atoms with E-state index in [0.717, 1.165) is 32.5 Å². The van der Waals surface area contributed by atoms with Gasteiger partial charge in [0.2, 0.25) is 5.91 Å². The Morgan fingerprint density at radius 1 is 1.16 bits per heavy atom. The van der Waals surface area contributed by atoms with E-state index in [1.54, 1.807) is 0 Å². The van der Waals surface area contributed by atoms with Crippen LogP contribution in [-0.2, 0) is 11.3 Å². The largest absolute Gasteiger partial charge is 0.383 e. The molecular formula is C16H22N2O. The molecule has 1 heterocycles. The van der Waals surface area contributed by atoms with E-state index in [1.165, 1.54) is 30.5 Å². The van der Waals surface area contributed by atoms with E-state index in [9.17, 15) is 4.79 Å². The maximum absolute atomic E-state index is 12.6. The predicted molar refractivity (Wildman–Crippen MR) is 76.9 cm³/mol. The molecular weight excluding hydrogens is 236 g/mol. The number of rotatable bonds is 1. The van der Waals surface area contributed by atoms with Gasteiger partial charge in [-0.25, -0.2) is 0 Å². The van der Waals surface area contributed by atoms with Gasteiger partial charge in [-0.1, -0.05) is 37.5 Å². The standard InChI is InChI=1S/C16H22N2O/c19-16(13-6-2-1-3-7-13)18-11-10-17-15-9-5-4-8-14(15)12-18/h4-5,8-9,13,17H,1-3,6-7,10-12H2. The average molecular weight is 258 g/mol. The van der Waals surface area contributed by atoms with Crippen molar-refractivity contribution < 1.29 is 4.79 Å². The molecule has 102 valence electrons. The predicted octanol–water partition coefficient (Wildman–Crippen LogP) is 3.02. The van der Waals surface area contributed by atoms with Gasteiger partial charge in [0, 0.05) is 31.2 Å². The second-order valence-electron chi connectivity index (χ2n) is 5.68.